The van der Waals surface area contributed by atoms with Gasteiger partial charge in [-0.1, -0.05) is 0 Å². The van der Waals surface area contributed by atoms with Crippen molar-refractivity contribution >= 4 is 34.7 Å². The summed E-state index contributed by atoms with van der Waals surface area (Å²) in [5.74, 6) is -0.381. The Hall–Kier alpha value is -5.48. The Kier molecular flexibility index (Phi) is 10.3. The number of benzene rings is 2. The van der Waals surface area contributed by atoms with Crippen molar-refractivity contribution in [3.8, 4) is 11.8 Å². The fraction of sp³-hybridized carbons (Fsp3) is 0.405. The lowest BCUT2D eigenvalue weighted by Crippen LogP contribution is -2.52. The normalized spacial score (nSPS) is 19.6. The van der Waals surface area contributed by atoms with Crippen LogP contribution in [0.2, 0.25) is 0 Å². The minimum Gasteiger partial charge on any atom is -0.489 e. The first-order valence-corrected chi connectivity index (χ1v) is 17.0. The first-order valence-electron chi connectivity index (χ1n) is 17.0. The van der Waals surface area contributed by atoms with Crippen LogP contribution in [-0.2, 0) is 16.1 Å². The Morgan fingerprint density at radius 2 is 1.74 bits per heavy atom. The number of carbonyl (C=O) groups excluding carboxylic acids is 3. The highest BCUT2D eigenvalue weighted by molar-refractivity contribution is 6.24. The molecule has 1 saturated heterocycles. The maximum atomic E-state index is 13.8. The largest absolute Gasteiger partial charge is 0.489 e. The number of methoxy groups -OCH3 is 1. The number of nitrogens with zero attached hydrogens (tertiary/aromatic N) is 6. The van der Waals surface area contributed by atoms with Gasteiger partial charge in [0.15, 0.2) is 5.82 Å². The molecule has 260 valence electrons. The van der Waals surface area contributed by atoms with Crippen LogP contribution in [0.15, 0.2) is 55.0 Å². The van der Waals surface area contributed by atoms with Crippen molar-refractivity contribution in [1.82, 2.24) is 19.8 Å². The van der Waals surface area contributed by atoms with Gasteiger partial charge in [-0.05, 0) is 81.5 Å². The third-order valence-electron chi connectivity index (χ3n) is 9.70. The lowest BCUT2D eigenvalue weighted by atomic mass is 9.89. The number of anilines is 2. The van der Waals surface area contributed by atoms with Gasteiger partial charge in [0.2, 0.25) is 0 Å². The molecule has 2 aliphatic heterocycles. The molecular formula is C37H42N8O5. The molecule has 1 aliphatic carbocycles. The van der Waals surface area contributed by atoms with Crippen LogP contribution >= 0.6 is 0 Å². The number of aromatic nitrogens is 2. The summed E-state index contributed by atoms with van der Waals surface area (Å²) in [6.07, 6.45) is 7.89. The lowest BCUT2D eigenvalue weighted by Gasteiger charge is -2.43. The van der Waals surface area contributed by atoms with Gasteiger partial charge in [-0.15, -0.1) is 0 Å². The van der Waals surface area contributed by atoms with E-state index in [0.29, 0.717) is 35.2 Å². The summed E-state index contributed by atoms with van der Waals surface area (Å²) in [4.78, 5) is 54.1. The summed E-state index contributed by atoms with van der Waals surface area (Å²) >= 11 is 0. The highest BCUT2D eigenvalue weighted by Crippen LogP contribution is 2.38. The van der Waals surface area contributed by atoms with E-state index in [-0.39, 0.29) is 35.0 Å². The molecule has 6 rings (SSSR count). The van der Waals surface area contributed by atoms with Crippen molar-refractivity contribution in [3.05, 3.63) is 83.1 Å². The molecule has 2 aromatic carbocycles. The van der Waals surface area contributed by atoms with E-state index in [1.165, 1.54) is 13.3 Å². The third kappa shape index (κ3) is 7.11. The summed E-state index contributed by atoms with van der Waals surface area (Å²) in [7, 11) is 1.31. The quantitative estimate of drug-likeness (QED) is 0.249. The van der Waals surface area contributed by atoms with Gasteiger partial charge in [0.25, 0.3) is 11.8 Å². The average molecular weight is 679 g/mol. The number of nitrogens with two attached hydrogens (primary N) is 1. The van der Waals surface area contributed by atoms with Crippen LogP contribution in [0.25, 0.3) is 5.57 Å². The van der Waals surface area contributed by atoms with E-state index in [2.05, 4.69) is 31.2 Å². The molecule has 13 heteroatoms. The molecule has 3 heterocycles. The Balaban J connectivity index is 1.07. The number of ether oxygens (including phenoxy) is 2. The number of piperazine rings is 1. The first kappa shape index (κ1) is 34.4. The minimum absolute atomic E-state index is 0.0151. The Labute approximate surface area is 291 Å². The van der Waals surface area contributed by atoms with Gasteiger partial charge in [-0.3, -0.25) is 14.5 Å². The highest BCUT2D eigenvalue weighted by Gasteiger charge is 2.37. The van der Waals surface area contributed by atoms with Gasteiger partial charge in [0, 0.05) is 74.7 Å². The number of rotatable bonds is 9. The second-order valence-electron chi connectivity index (χ2n) is 13.0. The smallest absolute Gasteiger partial charge is 0.339 e. The fourth-order valence-electron chi connectivity index (χ4n) is 7.18. The second-order valence-corrected chi connectivity index (χ2v) is 13.0. The zero-order valence-corrected chi connectivity index (χ0v) is 28.6. The number of carbonyl (C=O) groups is 3. The molecule has 0 atom stereocenters. The Bertz CT molecular complexity index is 1820. The van der Waals surface area contributed by atoms with Gasteiger partial charge < -0.3 is 30.3 Å². The molecule has 0 spiro atoms. The second kappa shape index (κ2) is 15.0. The number of hydrogen-bond donors (Lipinski definition) is 2. The van der Waals surface area contributed by atoms with Gasteiger partial charge in [0.05, 0.1) is 35.6 Å². The van der Waals surface area contributed by atoms with E-state index in [4.69, 9.17) is 15.2 Å². The lowest BCUT2D eigenvalue weighted by molar-refractivity contribution is -0.111. The Morgan fingerprint density at radius 1 is 1.04 bits per heavy atom. The van der Waals surface area contributed by atoms with Crippen molar-refractivity contribution in [2.45, 2.75) is 64.3 Å². The molecule has 0 unspecified atom stereocenters. The van der Waals surface area contributed by atoms with Crippen molar-refractivity contribution in [2.24, 2.45) is 5.73 Å². The predicted molar refractivity (Wildman–Crippen MR) is 187 cm³/mol. The first-order chi connectivity index (χ1) is 24.2. The molecule has 3 aliphatic rings. The molecule has 3 N–H and O–H groups in total. The van der Waals surface area contributed by atoms with Gasteiger partial charge in [-0.25, -0.2) is 14.8 Å². The van der Waals surface area contributed by atoms with E-state index in [9.17, 15) is 19.6 Å². The standard InChI is InChI=1S/C37H42N8O5/c1-23(2)50-33-19-30-25(18-32(33)42-35(46)31(21-39)34-40-11-4-12-41-34)22-45(36(30)47)27-7-5-26(6-8-27)43-13-15-44(16-14-43)28-9-10-29(37(48)49-3)24(17-28)20-38/h4,9-12,17-19,21,23,26-27H,5-8,13-16,22,39H2,1-3H3,(H,42,46). The van der Waals surface area contributed by atoms with E-state index < -0.39 is 11.9 Å². The SMILES string of the molecule is COC(=O)c1ccc(N2CCN(C3CCC(N4Cc5cc(NC(=O)C(=CN)c6ncccn6)c(OC(C)C)cc5C4=O)CC3)CC2)cc1C#N. The minimum atomic E-state index is -0.513. The molecule has 2 fully saturated rings. The van der Waals surface area contributed by atoms with Crippen LogP contribution in [0.5, 0.6) is 5.75 Å². The summed E-state index contributed by atoms with van der Waals surface area (Å²) in [6.45, 7) is 7.69. The van der Waals surface area contributed by atoms with E-state index in [1.54, 1.807) is 36.7 Å². The third-order valence-corrected chi connectivity index (χ3v) is 9.70. The number of nitrogens with one attached hydrogen (secondary N) is 1. The summed E-state index contributed by atoms with van der Waals surface area (Å²) in [5.41, 5.74) is 9.32. The van der Waals surface area contributed by atoms with Crippen LogP contribution in [0.4, 0.5) is 11.4 Å². The maximum absolute atomic E-state index is 13.8. The van der Waals surface area contributed by atoms with E-state index in [0.717, 1.165) is 63.1 Å². The molecule has 2 amide bonds. The molecule has 13 nitrogen and oxygen atoms in total. The molecular weight excluding hydrogens is 636 g/mol. The van der Waals surface area contributed by atoms with E-state index >= 15 is 0 Å². The van der Waals surface area contributed by atoms with Crippen LogP contribution in [0.1, 0.15) is 77.2 Å². The Morgan fingerprint density at radius 3 is 2.38 bits per heavy atom. The fourth-order valence-corrected chi connectivity index (χ4v) is 7.18. The average Bonchev–Trinajstić information content (AvgIpc) is 3.46. The van der Waals surface area contributed by atoms with E-state index in [1.807, 2.05) is 30.9 Å². The van der Waals surface area contributed by atoms with Crippen LogP contribution in [0.3, 0.4) is 0 Å². The summed E-state index contributed by atoms with van der Waals surface area (Å²) in [6, 6.07) is 13.2. The molecule has 50 heavy (non-hydrogen) atoms. The molecule has 0 radical (unpaired) electrons. The highest BCUT2D eigenvalue weighted by atomic mass is 16.5. The predicted octanol–water partition coefficient (Wildman–Crippen LogP) is 3.95. The zero-order valence-electron chi connectivity index (χ0n) is 28.6. The molecule has 1 aromatic heterocycles. The monoisotopic (exact) mass is 678 g/mol. The number of nitriles is 1. The van der Waals surface area contributed by atoms with Gasteiger partial charge in [0.1, 0.15) is 11.8 Å². The van der Waals surface area contributed by atoms with Crippen LogP contribution in [0, 0.1) is 11.3 Å². The van der Waals surface area contributed by atoms with Crippen molar-refractivity contribution in [2.75, 3.05) is 43.5 Å². The van der Waals surface area contributed by atoms with Crippen LogP contribution in [-0.4, -0.2) is 89.0 Å². The van der Waals surface area contributed by atoms with Gasteiger partial charge in [-0.2, -0.15) is 5.26 Å². The molecule has 3 aromatic rings. The number of fused-ring (bicyclic) bond motifs is 1. The topological polar surface area (TPSA) is 167 Å². The number of hydrogen-bond acceptors (Lipinski definition) is 11. The summed E-state index contributed by atoms with van der Waals surface area (Å²) < 4.78 is 10.9. The summed E-state index contributed by atoms with van der Waals surface area (Å²) in [5, 5.41) is 12.5. The zero-order chi connectivity index (χ0) is 35.4. The van der Waals surface area contributed by atoms with Crippen LogP contribution < -0.4 is 20.7 Å². The van der Waals surface area contributed by atoms with Crippen molar-refractivity contribution in [3.63, 3.8) is 0 Å². The van der Waals surface area contributed by atoms with Crippen molar-refractivity contribution in [1.29, 1.82) is 5.26 Å². The van der Waals surface area contributed by atoms with Gasteiger partial charge >= 0.3 is 5.97 Å². The maximum Gasteiger partial charge on any atom is 0.339 e. The molecule has 1 saturated carbocycles. The van der Waals surface area contributed by atoms with Crippen molar-refractivity contribution < 1.29 is 23.9 Å². The molecule has 0 bridgehead atoms. The number of esters is 1. The number of amides is 2.